The Labute approximate surface area is 169 Å². The Morgan fingerprint density at radius 3 is 2.69 bits per heavy atom. The summed E-state index contributed by atoms with van der Waals surface area (Å²) in [5.74, 6) is 1.45. The molecule has 2 aromatic heterocycles. The van der Waals surface area contributed by atoms with Crippen LogP contribution in [0.3, 0.4) is 0 Å². The fraction of sp³-hybridized carbons (Fsp3) is 0.278. The van der Waals surface area contributed by atoms with Gasteiger partial charge in [-0.15, -0.1) is 34.2 Å². The zero-order valence-corrected chi connectivity index (χ0v) is 17.1. The smallest absolute Gasteiger partial charge is 0.193 e. The van der Waals surface area contributed by atoms with Crippen molar-refractivity contribution in [1.29, 1.82) is 0 Å². The summed E-state index contributed by atoms with van der Waals surface area (Å²) >= 11 is 0. The van der Waals surface area contributed by atoms with Crippen LogP contribution in [0.2, 0.25) is 0 Å². The molecule has 0 atom stereocenters. The van der Waals surface area contributed by atoms with E-state index >= 15 is 0 Å². The molecule has 0 aliphatic rings. The minimum Gasteiger partial charge on any atom is -0.356 e. The van der Waals surface area contributed by atoms with Crippen LogP contribution in [0.1, 0.15) is 11.4 Å². The van der Waals surface area contributed by atoms with E-state index < -0.39 is 0 Å². The zero-order valence-electron chi connectivity index (χ0n) is 14.8. The molecule has 3 rings (SSSR count). The van der Waals surface area contributed by atoms with Crippen molar-refractivity contribution in [3.63, 3.8) is 0 Å². The van der Waals surface area contributed by atoms with E-state index in [0.29, 0.717) is 13.1 Å². The highest BCUT2D eigenvalue weighted by atomic mass is 127. The van der Waals surface area contributed by atoms with Crippen LogP contribution in [0.4, 0.5) is 4.39 Å². The first-order chi connectivity index (χ1) is 12.2. The molecular formula is C18H22FIN6. The van der Waals surface area contributed by atoms with E-state index in [9.17, 15) is 4.39 Å². The molecule has 26 heavy (non-hydrogen) atoms. The average molecular weight is 468 g/mol. The van der Waals surface area contributed by atoms with Crippen molar-refractivity contribution < 1.29 is 4.39 Å². The quantitative estimate of drug-likeness (QED) is 0.356. The zero-order chi connectivity index (χ0) is 17.6. The van der Waals surface area contributed by atoms with Gasteiger partial charge < -0.3 is 10.2 Å². The first kappa shape index (κ1) is 20.1. The van der Waals surface area contributed by atoms with Crippen molar-refractivity contribution in [2.75, 3.05) is 20.6 Å². The van der Waals surface area contributed by atoms with Crippen molar-refractivity contribution in [3.8, 4) is 0 Å². The molecular weight excluding hydrogens is 446 g/mol. The molecule has 1 aromatic carbocycles. The van der Waals surface area contributed by atoms with Crippen LogP contribution >= 0.6 is 24.0 Å². The number of hydrogen-bond donors (Lipinski definition) is 1. The maximum atomic E-state index is 13.0. The molecule has 0 spiro atoms. The van der Waals surface area contributed by atoms with E-state index in [-0.39, 0.29) is 29.8 Å². The minimum absolute atomic E-state index is 0. The fourth-order valence-corrected chi connectivity index (χ4v) is 2.67. The average Bonchev–Trinajstić information content (AvgIpc) is 3.04. The third-order valence-corrected chi connectivity index (χ3v) is 3.92. The number of aromatic nitrogens is 3. The monoisotopic (exact) mass is 468 g/mol. The fourth-order valence-electron chi connectivity index (χ4n) is 2.67. The second-order valence-corrected chi connectivity index (χ2v) is 5.75. The summed E-state index contributed by atoms with van der Waals surface area (Å²) < 4.78 is 15.0. The molecule has 3 aromatic rings. The van der Waals surface area contributed by atoms with Crippen LogP contribution < -0.4 is 5.32 Å². The lowest BCUT2D eigenvalue weighted by Crippen LogP contribution is -2.39. The molecule has 0 radical (unpaired) electrons. The van der Waals surface area contributed by atoms with Gasteiger partial charge in [0.05, 0.1) is 0 Å². The highest BCUT2D eigenvalue weighted by Crippen LogP contribution is 2.06. The largest absolute Gasteiger partial charge is 0.356 e. The number of benzene rings is 1. The van der Waals surface area contributed by atoms with E-state index in [4.69, 9.17) is 0 Å². The van der Waals surface area contributed by atoms with E-state index in [1.807, 2.05) is 40.7 Å². The Hall–Kier alpha value is -2.23. The van der Waals surface area contributed by atoms with Crippen molar-refractivity contribution in [2.24, 2.45) is 4.99 Å². The summed E-state index contributed by atoms with van der Waals surface area (Å²) in [7, 11) is 3.70. The van der Waals surface area contributed by atoms with Gasteiger partial charge in [0, 0.05) is 39.8 Å². The van der Waals surface area contributed by atoms with E-state index in [1.54, 1.807) is 19.2 Å². The van der Waals surface area contributed by atoms with E-state index in [2.05, 4.69) is 20.5 Å². The maximum Gasteiger partial charge on any atom is 0.193 e. The number of nitrogens with zero attached hydrogens (tertiary/aromatic N) is 5. The van der Waals surface area contributed by atoms with Crippen LogP contribution in [0.15, 0.2) is 53.7 Å². The highest BCUT2D eigenvalue weighted by Gasteiger charge is 2.08. The molecule has 6 nitrogen and oxygen atoms in total. The SMILES string of the molecule is CN=C(NCCc1nnc2ccccn12)N(C)Cc1ccc(F)cc1.I. The number of halogens is 2. The first-order valence-electron chi connectivity index (χ1n) is 8.12. The number of guanidine groups is 1. The first-order valence-corrected chi connectivity index (χ1v) is 8.12. The van der Waals surface area contributed by atoms with Gasteiger partial charge in [-0.05, 0) is 29.8 Å². The molecule has 1 N–H and O–H groups in total. The molecule has 2 heterocycles. The van der Waals surface area contributed by atoms with Crippen molar-refractivity contribution in [3.05, 3.63) is 65.9 Å². The van der Waals surface area contributed by atoms with Gasteiger partial charge in [-0.25, -0.2) is 4.39 Å². The van der Waals surface area contributed by atoms with E-state index in [1.165, 1.54) is 12.1 Å². The van der Waals surface area contributed by atoms with Gasteiger partial charge in [0.15, 0.2) is 11.6 Å². The Balaban J connectivity index is 0.00000243. The van der Waals surface area contributed by atoms with Gasteiger partial charge in [-0.3, -0.25) is 9.39 Å². The number of aliphatic imine (C=N–C) groups is 1. The normalized spacial score (nSPS) is 11.3. The van der Waals surface area contributed by atoms with Gasteiger partial charge in [-0.1, -0.05) is 18.2 Å². The van der Waals surface area contributed by atoms with Gasteiger partial charge in [0.2, 0.25) is 0 Å². The second-order valence-electron chi connectivity index (χ2n) is 5.75. The lowest BCUT2D eigenvalue weighted by Gasteiger charge is -2.22. The summed E-state index contributed by atoms with van der Waals surface area (Å²) in [5, 5.41) is 11.7. The predicted molar refractivity (Wildman–Crippen MR) is 111 cm³/mol. The molecule has 0 bridgehead atoms. The van der Waals surface area contributed by atoms with Crippen molar-refractivity contribution >= 4 is 35.6 Å². The van der Waals surface area contributed by atoms with Gasteiger partial charge in [0.25, 0.3) is 0 Å². The molecule has 138 valence electrons. The lowest BCUT2D eigenvalue weighted by molar-refractivity contribution is 0.476. The van der Waals surface area contributed by atoms with E-state index in [0.717, 1.165) is 29.4 Å². The van der Waals surface area contributed by atoms with Gasteiger partial charge in [-0.2, -0.15) is 0 Å². The number of hydrogen-bond acceptors (Lipinski definition) is 3. The standard InChI is InChI=1S/C18H21FN6.HI/c1-20-18(24(2)13-14-6-8-15(19)9-7-14)21-11-10-17-23-22-16-5-3-4-12-25(16)17;/h3-9,12H,10-11,13H2,1-2H3,(H,20,21);1H. The Morgan fingerprint density at radius 1 is 1.19 bits per heavy atom. The van der Waals surface area contributed by atoms with Crippen LogP contribution in [-0.2, 0) is 13.0 Å². The second kappa shape index (κ2) is 9.46. The molecule has 0 fully saturated rings. The molecule has 0 amide bonds. The molecule has 0 aliphatic carbocycles. The van der Waals surface area contributed by atoms with Crippen LogP contribution in [-0.4, -0.2) is 46.1 Å². The summed E-state index contributed by atoms with van der Waals surface area (Å²) in [4.78, 5) is 6.29. The summed E-state index contributed by atoms with van der Waals surface area (Å²) in [6.45, 7) is 1.34. The Bertz CT molecular complexity index is 862. The summed E-state index contributed by atoms with van der Waals surface area (Å²) in [6, 6.07) is 12.3. The van der Waals surface area contributed by atoms with Crippen LogP contribution in [0, 0.1) is 5.82 Å². The third kappa shape index (κ3) is 4.90. The van der Waals surface area contributed by atoms with Crippen LogP contribution in [0.25, 0.3) is 5.65 Å². The maximum absolute atomic E-state index is 13.0. The lowest BCUT2D eigenvalue weighted by atomic mass is 10.2. The minimum atomic E-state index is -0.227. The highest BCUT2D eigenvalue weighted by molar-refractivity contribution is 14.0. The Morgan fingerprint density at radius 2 is 1.96 bits per heavy atom. The number of rotatable bonds is 5. The Kier molecular flexibility index (Phi) is 7.31. The topological polar surface area (TPSA) is 57.8 Å². The summed E-state index contributed by atoms with van der Waals surface area (Å²) in [6.07, 6.45) is 2.69. The van der Waals surface area contributed by atoms with Crippen molar-refractivity contribution in [1.82, 2.24) is 24.8 Å². The predicted octanol–water partition coefficient (Wildman–Crippen LogP) is 2.74. The third-order valence-electron chi connectivity index (χ3n) is 3.92. The summed E-state index contributed by atoms with van der Waals surface area (Å²) in [5.41, 5.74) is 1.87. The molecule has 0 aliphatic heterocycles. The number of nitrogens with one attached hydrogen (secondary N) is 1. The van der Waals surface area contributed by atoms with Gasteiger partial charge >= 0.3 is 0 Å². The molecule has 0 saturated heterocycles. The molecule has 8 heteroatoms. The van der Waals surface area contributed by atoms with Gasteiger partial charge in [0.1, 0.15) is 11.6 Å². The van der Waals surface area contributed by atoms with Crippen LogP contribution in [0.5, 0.6) is 0 Å². The molecule has 0 saturated carbocycles. The number of pyridine rings is 1. The molecule has 0 unspecified atom stereocenters. The number of fused-ring (bicyclic) bond motifs is 1. The van der Waals surface area contributed by atoms with Crippen molar-refractivity contribution in [2.45, 2.75) is 13.0 Å².